The summed E-state index contributed by atoms with van der Waals surface area (Å²) in [4.78, 5) is 0. The monoisotopic (exact) mass is 578 g/mol. The van der Waals surface area contributed by atoms with Crippen molar-refractivity contribution >= 4 is 20.8 Å². The lowest BCUT2D eigenvalue weighted by Crippen LogP contribution is -2.55. The van der Waals surface area contributed by atoms with Gasteiger partial charge in [0.05, 0.1) is 18.3 Å². The minimum atomic E-state index is -4.73. The van der Waals surface area contributed by atoms with E-state index in [0.29, 0.717) is 42.9 Å². The molecule has 4 rings (SSSR count). The van der Waals surface area contributed by atoms with Gasteiger partial charge in [-0.2, -0.15) is 16.8 Å². The van der Waals surface area contributed by atoms with E-state index < -0.39 is 38.4 Å². The Bertz CT molecular complexity index is 1120. The zero-order valence-corrected chi connectivity index (χ0v) is 24.9. The van der Waals surface area contributed by atoms with Crippen molar-refractivity contribution in [2.75, 3.05) is 0 Å². The molecular weight excluding hydrogens is 532 g/mol. The summed E-state index contributed by atoms with van der Waals surface area (Å²) in [5.41, 5.74) is 0.872. The van der Waals surface area contributed by atoms with E-state index in [-0.39, 0.29) is 29.8 Å². The number of hydrogen-bond acceptors (Lipinski definition) is 7. The van der Waals surface area contributed by atoms with E-state index in [0.717, 1.165) is 32.1 Å². The van der Waals surface area contributed by atoms with Crippen molar-refractivity contribution in [1.82, 2.24) is 0 Å². The zero-order chi connectivity index (χ0) is 28.3. The van der Waals surface area contributed by atoms with Crippen molar-refractivity contribution in [2.24, 2.45) is 46.3 Å². The molecule has 0 aromatic heterocycles. The minimum absolute atomic E-state index is 0.0161. The Morgan fingerprint density at radius 3 is 2.21 bits per heavy atom. The van der Waals surface area contributed by atoms with Gasteiger partial charge in [0.2, 0.25) is 0 Å². The van der Waals surface area contributed by atoms with Crippen LogP contribution in [0.25, 0.3) is 0 Å². The molecule has 0 aromatic carbocycles. The summed E-state index contributed by atoms with van der Waals surface area (Å²) in [6, 6.07) is 0. The number of rotatable bonds is 9. The summed E-state index contributed by atoms with van der Waals surface area (Å²) >= 11 is 0. The summed E-state index contributed by atoms with van der Waals surface area (Å²) in [6.45, 7) is 10.9. The maximum absolute atomic E-state index is 11.9. The molecule has 0 aromatic rings. The first kappa shape index (κ1) is 30.4. The van der Waals surface area contributed by atoms with E-state index in [2.05, 4.69) is 40.7 Å². The highest BCUT2D eigenvalue weighted by Crippen LogP contribution is 2.67. The summed E-state index contributed by atoms with van der Waals surface area (Å²) < 4.78 is 75.6. The van der Waals surface area contributed by atoms with Crippen molar-refractivity contribution in [1.29, 1.82) is 0 Å². The molecule has 9 nitrogen and oxygen atoms in total. The van der Waals surface area contributed by atoms with Gasteiger partial charge in [-0.1, -0.05) is 46.3 Å². The lowest BCUT2D eigenvalue weighted by atomic mass is 9.47. The van der Waals surface area contributed by atoms with E-state index in [9.17, 15) is 31.0 Å². The topological polar surface area (TPSA) is 147 Å². The third-order valence-electron chi connectivity index (χ3n) is 10.6. The molecule has 10 atom stereocenters. The highest BCUT2D eigenvalue weighted by molar-refractivity contribution is 7.81. The average molecular weight is 579 g/mol. The predicted octanol–water partition coefficient (Wildman–Crippen LogP) is 4.98. The van der Waals surface area contributed by atoms with Gasteiger partial charge in [0.15, 0.2) is 0 Å². The fraction of sp³-hybridized carbons (Fsp3) is 0.926. The summed E-state index contributed by atoms with van der Waals surface area (Å²) in [5.74, 6) is 1.28. The Hall–Kier alpha value is -0.560. The number of fused-ring (bicyclic) bond motifs is 5. The Labute approximate surface area is 228 Å². The molecule has 3 fully saturated rings. The van der Waals surface area contributed by atoms with Gasteiger partial charge in [-0.05, 0) is 104 Å². The van der Waals surface area contributed by atoms with Crippen LogP contribution < -0.4 is 0 Å². The first-order valence-electron chi connectivity index (χ1n) is 14.1. The molecule has 4 aliphatic carbocycles. The smallest absolute Gasteiger partial charge is 0.393 e. The van der Waals surface area contributed by atoms with Gasteiger partial charge in [-0.15, -0.1) is 0 Å². The van der Waals surface area contributed by atoms with Crippen LogP contribution in [0.2, 0.25) is 0 Å². The molecule has 0 radical (unpaired) electrons. The predicted molar refractivity (Wildman–Crippen MR) is 143 cm³/mol. The zero-order valence-electron chi connectivity index (χ0n) is 23.2. The van der Waals surface area contributed by atoms with E-state index in [1.54, 1.807) is 0 Å². The van der Waals surface area contributed by atoms with E-state index in [1.165, 1.54) is 5.57 Å². The first-order chi connectivity index (χ1) is 17.4. The van der Waals surface area contributed by atoms with Crippen molar-refractivity contribution in [3.63, 3.8) is 0 Å². The van der Waals surface area contributed by atoms with E-state index >= 15 is 0 Å². The molecule has 38 heavy (non-hydrogen) atoms. The average Bonchev–Trinajstić information content (AvgIpc) is 3.09. The molecule has 4 aliphatic rings. The van der Waals surface area contributed by atoms with Crippen molar-refractivity contribution in [3.05, 3.63) is 11.6 Å². The number of hydrogen-bond donors (Lipinski definition) is 3. The normalized spacial score (nSPS) is 41.1. The first-order valence-corrected chi connectivity index (χ1v) is 16.9. The molecule has 0 bridgehead atoms. The van der Waals surface area contributed by atoms with Gasteiger partial charge in [0, 0.05) is 0 Å². The number of aliphatic hydroxyl groups excluding tert-OH is 1. The largest absolute Gasteiger partial charge is 0.397 e. The van der Waals surface area contributed by atoms with Crippen molar-refractivity contribution in [3.8, 4) is 0 Å². The molecule has 0 amide bonds. The van der Waals surface area contributed by atoms with Crippen LogP contribution in [0.15, 0.2) is 11.6 Å². The highest BCUT2D eigenvalue weighted by Gasteiger charge is 2.60. The summed E-state index contributed by atoms with van der Waals surface area (Å²) in [7, 11) is -9.38. The van der Waals surface area contributed by atoms with Crippen LogP contribution in [0.5, 0.6) is 0 Å². The quantitative estimate of drug-likeness (QED) is 0.254. The van der Waals surface area contributed by atoms with Crippen molar-refractivity contribution in [2.45, 2.75) is 111 Å². The third-order valence-corrected chi connectivity index (χ3v) is 11.6. The van der Waals surface area contributed by atoms with Gasteiger partial charge in [-0.25, -0.2) is 8.37 Å². The van der Waals surface area contributed by atoms with Crippen LogP contribution in [-0.4, -0.2) is 49.4 Å². The molecular formula is C27H46O9S2. The third kappa shape index (κ3) is 6.19. The van der Waals surface area contributed by atoms with Crippen LogP contribution in [0.1, 0.15) is 92.4 Å². The van der Waals surface area contributed by atoms with Crippen LogP contribution in [-0.2, 0) is 29.2 Å². The fourth-order valence-corrected chi connectivity index (χ4v) is 10.3. The molecule has 3 unspecified atom stereocenters. The Morgan fingerprint density at radius 2 is 1.61 bits per heavy atom. The molecule has 0 heterocycles. The van der Waals surface area contributed by atoms with E-state index in [1.807, 2.05) is 0 Å². The maximum Gasteiger partial charge on any atom is 0.397 e. The van der Waals surface area contributed by atoms with Gasteiger partial charge in [-0.3, -0.25) is 9.11 Å². The van der Waals surface area contributed by atoms with Crippen LogP contribution in [0.4, 0.5) is 0 Å². The second kappa shape index (κ2) is 10.7. The molecule has 0 spiro atoms. The standard InChI is InChI=1S/C27H46O9S2/c1-16(2)12-18(28)13-17(3)21-6-7-22-20-15-25(36-38(32,33)34)24-14-19(35-37(29,30)31)8-10-27(24,5)23(20)9-11-26(21,22)4/h9,16-22,24-25,28H,6-8,10-15H2,1-5H3,(H,29,30,31)(H,32,33,34)/t17-,18+,19+,20?,21-,22?,24?,25+,26-,27-/m1/s1. The Morgan fingerprint density at radius 1 is 0.947 bits per heavy atom. The molecule has 0 aliphatic heterocycles. The van der Waals surface area contributed by atoms with Gasteiger partial charge in [0.1, 0.15) is 0 Å². The second-order valence-electron chi connectivity index (χ2n) is 13.5. The van der Waals surface area contributed by atoms with Gasteiger partial charge in [0.25, 0.3) is 0 Å². The second-order valence-corrected chi connectivity index (χ2v) is 15.6. The molecule has 11 heteroatoms. The Kier molecular flexibility index (Phi) is 8.55. The lowest BCUT2D eigenvalue weighted by molar-refractivity contribution is -0.0705. The minimum Gasteiger partial charge on any atom is -0.393 e. The molecule has 220 valence electrons. The van der Waals surface area contributed by atoms with Crippen LogP contribution in [0.3, 0.4) is 0 Å². The molecule has 3 saturated carbocycles. The van der Waals surface area contributed by atoms with Gasteiger partial charge >= 0.3 is 20.8 Å². The number of allylic oxidation sites excluding steroid dienone is 2. The maximum atomic E-state index is 11.9. The molecule has 0 saturated heterocycles. The SMILES string of the molecule is CC(C)C[C@H](O)C[C@@H](C)[C@H]1CCC2C3C[C@H](OS(=O)(=O)O)C4C[C@@H](OS(=O)(=O)O)CC[C@]4(C)C3=CC[C@@]21C. The lowest BCUT2D eigenvalue weighted by Gasteiger charge is -2.58. The summed E-state index contributed by atoms with van der Waals surface area (Å²) in [6.07, 6.45) is 6.57. The number of aliphatic hydroxyl groups is 1. The van der Waals surface area contributed by atoms with Crippen molar-refractivity contribution < 1.29 is 39.4 Å². The summed E-state index contributed by atoms with van der Waals surface area (Å²) in [5, 5.41) is 10.6. The van der Waals surface area contributed by atoms with E-state index in [4.69, 9.17) is 8.37 Å². The fourth-order valence-electron chi connectivity index (χ4n) is 9.24. The Balaban J connectivity index is 1.62. The molecule has 3 N–H and O–H groups in total. The highest BCUT2D eigenvalue weighted by atomic mass is 32.3. The van der Waals surface area contributed by atoms with Gasteiger partial charge < -0.3 is 5.11 Å². The van der Waals surface area contributed by atoms with Crippen LogP contribution in [0, 0.1) is 46.3 Å². The van der Waals surface area contributed by atoms with Crippen LogP contribution >= 0.6 is 0 Å².